The van der Waals surface area contributed by atoms with Crippen molar-refractivity contribution in [3.05, 3.63) is 0 Å². The zero-order valence-corrected chi connectivity index (χ0v) is 7.13. The van der Waals surface area contributed by atoms with E-state index in [1.165, 1.54) is 32.4 Å². The summed E-state index contributed by atoms with van der Waals surface area (Å²) in [7, 11) is 0. The van der Waals surface area contributed by atoms with Crippen molar-refractivity contribution in [2.75, 3.05) is 13.1 Å². The van der Waals surface area contributed by atoms with Crippen LogP contribution in [0, 0.1) is 11.8 Å². The summed E-state index contributed by atoms with van der Waals surface area (Å²) in [6.07, 6.45) is 7.64. The normalized spacial score (nSPS) is 49.6. The molecule has 0 spiro atoms. The zero-order valence-electron chi connectivity index (χ0n) is 7.13. The second kappa shape index (κ2) is 2.22. The predicted molar refractivity (Wildman–Crippen MR) is 45.4 cm³/mol. The monoisotopic (exact) mass is 151 g/mol. The lowest BCUT2D eigenvalue weighted by atomic mass is 9.72. The first-order valence-corrected chi connectivity index (χ1v) is 5.17. The third kappa shape index (κ3) is 0.868. The van der Waals surface area contributed by atoms with E-state index < -0.39 is 0 Å². The maximum atomic E-state index is 2.73. The van der Waals surface area contributed by atoms with Crippen LogP contribution >= 0.6 is 0 Å². The lowest BCUT2D eigenvalue weighted by Gasteiger charge is -2.42. The molecule has 0 unspecified atom stereocenters. The molecule has 3 rings (SSSR count). The SMILES string of the molecule is C1C[C@H]2CN3CC[C@@H]3CC[C@@H]12. The Morgan fingerprint density at radius 2 is 1.64 bits per heavy atom. The highest BCUT2D eigenvalue weighted by Crippen LogP contribution is 2.43. The van der Waals surface area contributed by atoms with E-state index in [2.05, 4.69) is 4.90 Å². The molecule has 3 aliphatic rings. The van der Waals surface area contributed by atoms with Crippen molar-refractivity contribution < 1.29 is 0 Å². The van der Waals surface area contributed by atoms with Gasteiger partial charge in [0.1, 0.15) is 0 Å². The van der Waals surface area contributed by atoms with Gasteiger partial charge in [0.15, 0.2) is 0 Å². The first kappa shape index (κ1) is 6.47. The van der Waals surface area contributed by atoms with Gasteiger partial charge in [-0.2, -0.15) is 0 Å². The van der Waals surface area contributed by atoms with E-state index in [1.54, 1.807) is 12.8 Å². The van der Waals surface area contributed by atoms with Crippen LogP contribution in [0.4, 0.5) is 0 Å². The number of fused-ring (bicyclic) bond motifs is 2. The summed E-state index contributed by atoms with van der Waals surface area (Å²) >= 11 is 0. The van der Waals surface area contributed by atoms with Crippen LogP contribution in [0.25, 0.3) is 0 Å². The summed E-state index contributed by atoms with van der Waals surface area (Å²) in [5.41, 5.74) is 0. The minimum atomic E-state index is 1.01. The summed E-state index contributed by atoms with van der Waals surface area (Å²) in [5.74, 6) is 2.25. The molecule has 1 saturated carbocycles. The summed E-state index contributed by atoms with van der Waals surface area (Å²) in [4.78, 5) is 2.73. The Balaban J connectivity index is 1.72. The fourth-order valence-electron chi connectivity index (χ4n) is 3.03. The quantitative estimate of drug-likeness (QED) is 0.511. The molecule has 1 heteroatoms. The van der Waals surface area contributed by atoms with Gasteiger partial charge in [0.25, 0.3) is 0 Å². The average Bonchev–Trinajstić information content (AvgIpc) is 1.98. The molecule has 2 aliphatic heterocycles. The third-order valence-corrected chi connectivity index (χ3v) is 4.18. The van der Waals surface area contributed by atoms with Gasteiger partial charge < -0.3 is 0 Å². The van der Waals surface area contributed by atoms with Gasteiger partial charge in [-0.25, -0.2) is 0 Å². The Bertz CT molecular complexity index is 148. The molecule has 0 radical (unpaired) electrons. The Kier molecular flexibility index (Phi) is 1.31. The van der Waals surface area contributed by atoms with Gasteiger partial charge in [-0.05, 0) is 50.5 Å². The smallest absolute Gasteiger partial charge is 0.0108 e. The fraction of sp³-hybridized carbons (Fsp3) is 1.00. The Labute approximate surface area is 68.8 Å². The predicted octanol–water partition coefficient (Wildman–Crippen LogP) is 1.88. The van der Waals surface area contributed by atoms with Crippen molar-refractivity contribution in [3.63, 3.8) is 0 Å². The zero-order chi connectivity index (χ0) is 7.26. The highest BCUT2D eigenvalue weighted by molar-refractivity contribution is 4.93. The summed E-state index contributed by atoms with van der Waals surface area (Å²) in [6, 6.07) is 1.01. The van der Waals surface area contributed by atoms with E-state index in [0.717, 1.165) is 17.9 Å². The van der Waals surface area contributed by atoms with Crippen molar-refractivity contribution in [1.29, 1.82) is 0 Å². The Morgan fingerprint density at radius 3 is 2.27 bits per heavy atom. The highest BCUT2D eigenvalue weighted by Gasteiger charge is 2.40. The molecule has 3 atom stereocenters. The molecule has 0 aromatic carbocycles. The van der Waals surface area contributed by atoms with Gasteiger partial charge in [-0.1, -0.05) is 0 Å². The molecule has 11 heavy (non-hydrogen) atoms. The largest absolute Gasteiger partial charge is 0.300 e. The van der Waals surface area contributed by atoms with E-state index in [1.807, 2.05) is 0 Å². The molecular formula is C10H17N. The minimum absolute atomic E-state index is 1.01. The lowest BCUT2D eigenvalue weighted by Crippen LogP contribution is -2.48. The average molecular weight is 151 g/mol. The van der Waals surface area contributed by atoms with Crippen molar-refractivity contribution in [3.8, 4) is 0 Å². The van der Waals surface area contributed by atoms with Crippen LogP contribution in [-0.2, 0) is 0 Å². The molecule has 0 bridgehead atoms. The number of hydrogen-bond donors (Lipinski definition) is 0. The third-order valence-electron chi connectivity index (χ3n) is 4.18. The second-order valence-electron chi connectivity index (χ2n) is 4.61. The molecule has 1 aliphatic carbocycles. The summed E-state index contributed by atoms with van der Waals surface area (Å²) in [5, 5.41) is 0. The van der Waals surface area contributed by atoms with Crippen LogP contribution < -0.4 is 0 Å². The van der Waals surface area contributed by atoms with Gasteiger partial charge in [-0.3, -0.25) is 4.90 Å². The Hall–Kier alpha value is -0.0400. The van der Waals surface area contributed by atoms with Gasteiger partial charge in [-0.15, -0.1) is 0 Å². The molecule has 0 amide bonds. The molecule has 2 saturated heterocycles. The first-order chi connectivity index (χ1) is 5.43. The number of hydrogen-bond acceptors (Lipinski definition) is 1. The van der Waals surface area contributed by atoms with E-state index in [4.69, 9.17) is 0 Å². The van der Waals surface area contributed by atoms with Crippen LogP contribution in [0.5, 0.6) is 0 Å². The van der Waals surface area contributed by atoms with Gasteiger partial charge in [0.05, 0.1) is 0 Å². The minimum Gasteiger partial charge on any atom is -0.300 e. The fourth-order valence-corrected chi connectivity index (χ4v) is 3.03. The lowest BCUT2D eigenvalue weighted by molar-refractivity contribution is 0.0612. The molecule has 62 valence electrons. The maximum absolute atomic E-state index is 2.73. The van der Waals surface area contributed by atoms with Crippen molar-refractivity contribution in [2.45, 2.75) is 38.1 Å². The van der Waals surface area contributed by atoms with E-state index >= 15 is 0 Å². The number of nitrogens with zero attached hydrogens (tertiary/aromatic N) is 1. The maximum Gasteiger partial charge on any atom is 0.0108 e. The Morgan fingerprint density at radius 1 is 0.818 bits per heavy atom. The van der Waals surface area contributed by atoms with Gasteiger partial charge in [0.2, 0.25) is 0 Å². The summed E-state index contributed by atoms with van der Waals surface area (Å²) < 4.78 is 0. The molecule has 2 heterocycles. The second-order valence-corrected chi connectivity index (χ2v) is 4.61. The van der Waals surface area contributed by atoms with Crippen LogP contribution in [0.1, 0.15) is 32.1 Å². The van der Waals surface area contributed by atoms with E-state index in [0.29, 0.717) is 0 Å². The molecular weight excluding hydrogens is 134 g/mol. The molecule has 0 aromatic heterocycles. The van der Waals surface area contributed by atoms with Crippen molar-refractivity contribution in [1.82, 2.24) is 4.90 Å². The molecule has 0 aromatic rings. The van der Waals surface area contributed by atoms with Crippen LogP contribution in [-0.4, -0.2) is 24.0 Å². The van der Waals surface area contributed by atoms with E-state index in [9.17, 15) is 0 Å². The van der Waals surface area contributed by atoms with Gasteiger partial charge in [0, 0.05) is 12.6 Å². The van der Waals surface area contributed by atoms with Crippen LogP contribution in [0.3, 0.4) is 0 Å². The molecule has 1 nitrogen and oxygen atoms in total. The van der Waals surface area contributed by atoms with Gasteiger partial charge >= 0.3 is 0 Å². The number of rotatable bonds is 0. The van der Waals surface area contributed by atoms with Crippen molar-refractivity contribution >= 4 is 0 Å². The molecule has 0 N–H and O–H groups in total. The topological polar surface area (TPSA) is 3.24 Å². The summed E-state index contributed by atoms with van der Waals surface area (Å²) in [6.45, 7) is 2.86. The van der Waals surface area contributed by atoms with Crippen molar-refractivity contribution in [2.24, 2.45) is 11.8 Å². The van der Waals surface area contributed by atoms with Crippen LogP contribution in [0.2, 0.25) is 0 Å². The van der Waals surface area contributed by atoms with Crippen LogP contribution in [0.15, 0.2) is 0 Å². The highest BCUT2D eigenvalue weighted by atomic mass is 15.2. The standard InChI is InChI=1S/C10H17N/c1-2-9-7-11-6-5-10(11)4-3-8(1)9/h8-10H,1-7H2/t8-,9+,10+/m1/s1. The van der Waals surface area contributed by atoms with E-state index in [-0.39, 0.29) is 0 Å². The first-order valence-electron chi connectivity index (χ1n) is 5.17. The molecule has 3 fully saturated rings.